The van der Waals surface area contributed by atoms with Gasteiger partial charge in [-0.15, -0.1) is 0 Å². The molecule has 80 valence electrons. The Bertz CT molecular complexity index is 228. The van der Waals surface area contributed by atoms with Gasteiger partial charge in [-0.2, -0.15) is 0 Å². The molecular weight excluding hydrogens is 172 g/mol. The number of hydrogen-bond acceptors (Lipinski definition) is 2. The SMILES string of the molecule is CN1C[C@@H]2[C@H](C1)[C@H]1CC[C@H]2[C@H](CN)C1. The Labute approximate surface area is 86.8 Å². The lowest BCUT2D eigenvalue weighted by atomic mass is 9.55. The van der Waals surface area contributed by atoms with E-state index in [1.165, 1.54) is 32.4 Å². The van der Waals surface area contributed by atoms with Crippen molar-refractivity contribution in [3.8, 4) is 0 Å². The number of fused-ring (bicyclic) bond motifs is 2. The van der Waals surface area contributed by atoms with Gasteiger partial charge in [-0.25, -0.2) is 0 Å². The van der Waals surface area contributed by atoms with Crippen molar-refractivity contribution in [2.24, 2.45) is 35.3 Å². The molecular formula is C12H22N2. The van der Waals surface area contributed by atoms with E-state index in [9.17, 15) is 0 Å². The molecule has 0 radical (unpaired) electrons. The molecule has 2 N–H and O–H groups in total. The van der Waals surface area contributed by atoms with Crippen LogP contribution in [0.15, 0.2) is 0 Å². The molecule has 5 atom stereocenters. The van der Waals surface area contributed by atoms with Gasteiger partial charge in [0.2, 0.25) is 0 Å². The van der Waals surface area contributed by atoms with Gasteiger partial charge in [0.25, 0.3) is 0 Å². The molecule has 0 spiro atoms. The smallest absolute Gasteiger partial charge is 0.00127 e. The highest BCUT2D eigenvalue weighted by molar-refractivity contribution is 5.01. The zero-order valence-electron chi connectivity index (χ0n) is 9.15. The number of hydrogen-bond donors (Lipinski definition) is 1. The standard InChI is InChI=1S/C12H22N2/c1-14-6-11-8-2-3-10(12(11)7-14)9(4-8)5-13/h8-12H,2-7,13H2,1H3/t8-,9-,10-,11+,12-/m0/s1. The second-order valence-corrected chi connectivity index (χ2v) is 5.78. The molecule has 2 bridgehead atoms. The van der Waals surface area contributed by atoms with Crippen LogP contribution in [0.3, 0.4) is 0 Å². The molecule has 0 aromatic heterocycles. The Morgan fingerprint density at radius 2 is 1.93 bits per heavy atom. The molecule has 1 saturated heterocycles. The minimum atomic E-state index is 0.862. The largest absolute Gasteiger partial charge is 0.330 e. The summed E-state index contributed by atoms with van der Waals surface area (Å²) in [6, 6.07) is 0. The van der Waals surface area contributed by atoms with E-state index in [0.717, 1.165) is 36.1 Å². The van der Waals surface area contributed by atoms with Crippen molar-refractivity contribution < 1.29 is 0 Å². The van der Waals surface area contributed by atoms with E-state index in [1.807, 2.05) is 0 Å². The summed E-state index contributed by atoms with van der Waals surface area (Å²) in [7, 11) is 2.29. The number of rotatable bonds is 1. The minimum absolute atomic E-state index is 0.862. The third-order valence-electron chi connectivity index (χ3n) is 5.13. The Kier molecular flexibility index (Phi) is 2.10. The van der Waals surface area contributed by atoms with Crippen LogP contribution in [-0.4, -0.2) is 31.6 Å². The highest BCUT2D eigenvalue weighted by atomic mass is 15.1. The molecule has 0 aromatic rings. The van der Waals surface area contributed by atoms with Crippen LogP contribution < -0.4 is 5.73 Å². The normalized spacial score (nSPS) is 52.3. The highest BCUT2D eigenvalue weighted by Gasteiger charge is 2.50. The number of nitrogens with zero attached hydrogens (tertiary/aromatic N) is 1. The molecule has 2 nitrogen and oxygen atoms in total. The Morgan fingerprint density at radius 3 is 2.71 bits per heavy atom. The summed E-state index contributed by atoms with van der Waals surface area (Å²) >= 11 is 0. The van der Waals surface area contributed by atoms with Gasteiger partial charge in [-0.05, 0) is 62.4 Å². The van der Waals surface area contributed by atoms with E-state index >= 15 is 0 Å². The quantitative estimate of drug-likeness (QED) is 0.679. The molecule has 4 aliphatic rings. The Hall–Kier alpha value is -0.0800. The fourth-order valence-corrected chi connectivity index (χ4v) is 4.56. The molecule has 4 fully saturated rings. The minimum Gasteiger partial charge on any atom is -0.330 e. The molecule has 3 saturated carbocycles. The lowest BCUT2D eigenvalue weighted by Gasteiger charge is -2.49. The first-order valence-corrected chi connectivity index (χ1v) is 6.18. The third kappa shape index (κ3) is 1.17. The monoisotopic (exact) mass is 194 g/mol. The van der Waals surface area contributed by atoms with Crippen LogP contribution in [0.25, 0.3) is 0 Å². The summed E-state index contributed by atoms with van der Waals surface area (Å²) in [5, 5.41) is 0. The fourth-order valence-electron chi connectivity index (χ4n) is 4.56. The second kappa shape index (κ2) is 3.21. The fraction of sp³-hybridized carbons (Fsp3) is 1.00. The average molecular weight is 194 g/mol. The van der Waals surface area contributed by atoms with Crippen molar-refractivity contribution in [3.05, 3.63) is 0 Å². The topological polar surface area (TPSA) is 29.3 Å². The molecule has 14 heavy (non-hydrogen) atoms. The average Bonchev–Trinajstić information content (AvgIpc) is 2.61. The zero-order chi connectivity index (χ0) is 9.71. The molecule has 0 unspecified atom stereocenters. The van der Waals surface area contributed by atoms with Crippen molar-refractivity contribution >= 4 is 0 Å². The summed E-state index contributed by atoms with van der Waals surface area (Å²) in [6.07, 6.45) is 4.41. The zero-order valence-corrected chi connectivity index (χ0v) is 9.15. The summed E-state index contributed by atoms with van der Waals surface area (Å²) in [5.74, 6) is 4.88. The summed E-state index contributed by atoms with van der Waals surface area (Å²) in [4.78, 5) is 2.54. The van der Waals surface area contributed by atoms with Gasteiger partial charge in [-0.3, -0.25) is 0 Å². The lowest BCUT2D eigenvalue weighted by molar-refractivity contribution is 0.00728. The Balaban J connectivity index is 1.84. The van der Waals surface area contributed by atoms with Gasteiger partial charge in [0.15, 0.2) is 0 Å². The van der Waals surface area contributed by atoms with E-state index in [1.54, 1.807) is 0 Å². The van der Waals surface area contributed by atoms with Gasteiger partial charge < -0.3 is 10.6 Å². The third-order valence-corrected chi connectivity index (χ3v) is 5.13. The van der Waals surface area contributed by atoms with Crippen molar-refractivity contribution in [1.29, 1.82) is 0 Å². The van der Waals surface area contributed by atoms with Crippen LogP contribution in [0.2, 0.25) is 0 Å². The molecule has 3 aliphatic carbocycles. The van der Waals surface area contributed by atoms with Crippen LogP contribution in [0.1, 0.15) is 19.3 Å². The molecule has 0 amide bonds. The maximum atomic E-state index is 5.89. The van der Waals surface area contributed by atoms with Gasteiger partial charge in [0.05, 0.1) is 0 Å². The van der Waals surface area contributed by atoms with Crippen LogP contribution >= 0.6 is 0 Å². The van der Waals surface area contributed by atoms with Crippen molar-refractivity contribution in [2.45, 2.75) is 19.3 Å². The van der Waals surface area contributed by atoms with Gasteiger partial charge >= 0.3 is 0 Å². The summed E-state index contributed by atoms with van der Waals surface area (Å²) in [6.45, 7) is 3.65. The highest BCUT2D eigenvalue weighted by Crippen LogP contribution is 2.53. The maximum Gasteiger partial charge on any atom is 0.00127 e. The second-order valence-electron chi connectivity index (χ2n) is 5.78. The predicted octanol–water partition coefficient (Wildman–Crippen LogP) is 1.17. The Morgan fingerprint density at radius 1 is 1.14 bits per heavy atom. The number of nitrogens with two attached hydrogens (primary N) is 1. The molecule has 0 aromatic carbocycles. The maximum absolute atomic E-state index is 5.89. The lowest BCUT2D eigenvalue weighted by Crippen LogP contribution is -2.46. The van der Waals surface area contributed by atoms with Crippen LogP contribution in [0, 0.1) is 29.6 Å². The van der Waals surface area contributed by atoms with Gasteiger partial charge in [-0.1, -0.05) is 0 Å². The molecule has 2 heteroatoms. The van der Waals surface area contributed by atoms with E-state index < -0.39 is 0 Å². The van der Waals surface area contributed by atoms with Crippen LogP contribution in [-0.2, 0) is 0 Å². The molecule has 1 heterocycles. The van der Waals surface area contributed by atoms with Crippen LogP contribution in [0.5, 0.6) is 0 Å². The first kappa shape index (κ1) is 9.17. The van der Waals surface area contributed by atoms with E-state index in [0.29, 0.717) is 0 Å². The van der Waals surface area contributed by atoms with Crippen molar-refractivity contribution in [3.63, 3.8) is 0 Å². The number of likely N-dealkylation sites (tertiary alicyclic amines) is 1. The van der Waals surface area contributed by atoms with E-state index in [-0.39, 0.29) is 0 Å². The van der Waals surface area contributed by atoms with Gasteiger partial charge in [0.1, 0.15) is 0 Å². The van der Waals surface area contributed by atoms with Crippen LogP contribution in [0.4, 0.5) is 0 Å². The molecule has 1 aliphatic heterocycles. The van der Waals surface area contributed by atoms with E-state index in [4.69, 9.17) is 5.73 Å². The summed E-state index contributed by atoms with van der Waals surface area (Å²) < 4.78 is 0. The molecule has 4 rings (SSSR count). The summed E-state index contributed by atoms with van der Waals surface area (Å²) in [5.41, 5.74) is 5.89. The predicted molar refractivity (Wildman–Crippen MR) is 57.9 cm³/mol. The first-order valence-electron chi connectivity index (χ1n) is 6.18. The van der Waals surface area contributed by atoms with E-state index in [2.05, 4.69) is 11.9 Å². The van der Waals surface area contributed by atoms with Crippen molar-refractivity contribution in [2.75, 3.05) is 26.7 Å². The first-order chi connectivity index (χ1) is 6.79. The van der Waals surface area contributed by atoms with Crippen molar-refractivity contribution in [1.82, 2.24) is 4.90 Å². The van der Waals surface area contributed by atoms with Gasteiger partial charge in [0, 0.05) is 13.1 Å².